The third kappa shape index (κ3) is 11.9. The number of carbonyl (C=O) groups is 4. The maximum absolute atomic E-state index is 13.9. The summed E-state index contributed by atoms with van der Waals surface area (Å²) in [7, 11) is 0. The summed E-state index contributed by atoms with van der Waals surface area (Å²) in [4.78, 5) is 53.2. The van der Waals surface area contributed by atoms with E-state index in [4.69, 9.17) is 9.47 Å². The van der Waals surface area contributed by atoms with Gasteiger partial charge in [0.15, 0.2) is 0 Å². The second kappa shape index (κ2) is 16.2. The molecule has 0 saturated carbocycles. The second-order valence-corrected chi connectivity index (χ2v) is 10.7. The first-order valence-electron chi connectivity index (χ1n) is 12.7. The predicted octanol–water partition coefficient (Wildman–Crippen LogP) is 3.99. The van der Waals surface area contributed by atoms with Crippen molar-refractivity contribution in [2.45, 2.75) is 78.5 Å². The Hall–Kier alpha value is -2.75. The van der Waals surface area contributed by atoms with Gasteiger partial charge in [0.1, 0.15) is 17.7 Å². The van der Waals surface area contributed by atoms with Crippen LogP contribution in [0.5, 0.6) is 0 Å². The first kappa shape index (κ1) is 32.3. The Morgan fingerprint density at radius 1 is 1.08 bits per heavy atom. The number of nitrogens with one attached hydrogen (secondary N) is 2. The van der Waals surface area contributed by atoms with Crippen molar-refractivity contribution in [3.8, 4) is 0 Å². The van der Waals surface area contributed by atoms with Crippen molar-refractivity contribution in [2.24, 2.45) is 0 Å². The van der Waals surface area contributed by atoms with E-state index in [1.807, 2.05) is 44.4 Å². The first-order chi connectivity index (χ1) is 17.4. The number of hydrogen-bond acceptors (Lipinski definition) is 7. The standard InChI is InChI=1S/C27H43N3O6S/c1-8-17-30(25(33)21(15-18-37-7)29-26(34)36-27(4,5)6)23(20-12-10-19(3)11-13-20)24(32)28-16-14-22(31)35-9-2/h10-13,21,23H,8-9,14-18H2,1-7H3,(H,28,32)(H,29,34). The molecule has 2 N–H and O–H groups in total. The van der Waals surface area contributed by atoms with Gasteiger partial charge in [0.25, 0.3) is 0 Å². The zero-order valence-corrected chi connectivity index (χ0v) is 24.0. The molecular weight excluding hydrogens is 494 g/mol. The van der Waals surface area contributed by atoms with Gasteiger partial charge < -0.3 is 25.0 Å². The number of thioether (sulfide) groups is 1. The van der Waals surface area contributed by atoms with Crippen molar-refractivity contribution in [3.63, 3.8) is 0 Å². The number of carbonyl (C=O) groups excluding carboxylic acids is 4. The van der Waals surface area contributed by atoms with E-state index >= 15 is 0 Å². The highest BCUT2D eigenvalue weighted by molar-refractivity contribution is 7.98. The van der Waals surface area contributed by atoms with E-state index in [1.165, 1.54) is 4.90 Å². The van der Waals surface area contributed by atoms with Crippen LogP contribution in [0.25, 0.3) is 0 Å². The fraction of sp³-hybridized carbons (Fsp3) is 0.630. The summed E-state index contributed by atoms with van der Waals surface area (Å²) in [6.07, 6.45) is 2.24. The number of hydrogen-bond donors (Lipinski definition) is 2. The molecule has 0 spiro atoms. The molecule has 0 aliphatic rings. The Balaban J connectivity index is 3.29. The van der Waals surface area contributed by atoms with Crippen LogP contribution in [0, 0.1) is 6.92 Å². The molecule has 0 saturated heterocycles. The number of nitrogens with zero attached hydrogens (tertiary/aromatic N) is 1. The molecule has 1 aromatic carbocycles. The van der Waals surface area contributed by atoms with E-state index in [9.17, 15) is 19.2 Å². The zero-order valence-electron chi connectivity index (χ0n) is 23.2. The minimum absolute atomic E-state index is 0.0263. The van der Waals surface area contributed by atoms with Gasteiger partial charge in [-0.05, 0) is 65.0 Å². The van der Waals surface area contributed by atoms with E-state index in [0.717, 1.165) is 5.56 Å². The van der Waals surface area contributed by atoms with Crippen LogP contribution in [0.4, 0.5) is 4.79 Å². The lowest BCUT2D eigenvalue weighted by Crippen LogP contribution is -2.53. The summed E-state index contributed by atoms with van der Waals surface area (Å²) in [6, 6.07) is 5.60. The molecule has 0 heterocycles. The van der Waals surface area contributed by atoms with Gasteiger partial charge in [0, 0.05) is 13.1 Å². The van der Waals surface area contributed by atoms with E-state index in [2.05, 4.69) is 10.6 Å². The van der Waals surface area contributed by atoms with Crippen LogP contribution in [0.3, 0.4) is 0 Å². The van der Waals surface area contributed by atoms with Crippen molar-refractivity contribution < 1.29 is 28.7 Å². The average Bonchev–Trinajstić information content (AvgIpc) is 2.81. The normalized spacial score (nSPS) is 12.7. The topological polar surface area (TPSA) is 114 Å². The Bertz CT molecular complexity index is 885. The number of alkyl carbamates (subject to hydrolysis) is 1. The Kier molecular flexibility index (Phi) is 14.1. The summed E-state index contributed by atoms with van der Waals surface area (Å²) in [6.45, 7) is 11.5. The fourth-order valence-electron chi connectivity index (χ4n) is 3.59. The van der Waals surface area contributed by atoms with Crippen LogP contribution < -0.4 is 10.6 Å². The van der Waals surface area contributed by atoms with Gasteiger partial charge >= 0.3 is 12.1 Å². The molecule has 3 amide bonds. The lowest BCUT2D eigenvalue weighted by molar-refractivity contribution is -0.144. The largest absolute Gasteiger partial charge is 0.466 e. The SMILES string of the molecule is CCCN(C(=O)C(CCSC)NC(=O)OC(C)(C)C)C(C(=O)NCCC(=O)OCC)c1ccc(C)cc1. The van der Waals surface area contributed by atoms with Crippen LogP contribution in [0.2, 0.25) is 0 Å². The highest BCUT2D eigenvalue weighted by atomic mass is 32.2. The quantitative estimate of drug-likeness (QED) is 0.345. The van der Waals surface area contributed by atoms with Gasteiger partial charge in [-0.25, -0.2) is 4.79 Å². The molecule has 0 aliphatic carbocycles. The molecule has 9 nitrogen and oxygen atoms in total. The number of ether oxygens (including phenoxy) is 2. The van der Waals surface area contributed by atoms with E-state index < -0.39 is 35.7 Å². The molecule has 0 fully saturated rings. The Labute approximate surface area is 225 Å². The summed E-state index contributed by atoms with van der Waals surface area (Å²) >= 11 is 1.56. The molecule has 1 rings (SSSR count). The minimum Gasteiger partial charge on any atom is -0.466 e. The van der Waals surface area contributed by atoms with E-state index in [0.29, 0.717) is 30.7 Å². The summed E-state index contributed by atoms with van der Waals surface area (Å²) < 4.78 is 10.3. The Morgan fingerprint density at radius 2 is 1.73 bits per heavy atom. The third-order valence-corrected chi connectivity index (χ3v) is 5.88. The van der Waals surface area contributed by atoms with Crippen LogP contribution in [0.15, 0.2) is 24.3 Å². The van der Waals surface area contributed by atoms with Crippen molar-refractivity contribution in [3.05, 3.63) is 35.4 Å². The predicted molar refractivity (Wildman–Crippen MR) is 146 cm³/mol. The van der Waals surface area contributed by atoms with Crippen LogP contribution in [-0.4, -0.2) is 72.1 Å². The monoisotopic (exact) mass is 537 g/mol. The molecule has 2 atom stereocenters. The molecule has 0 radical (unpaired) electrons. The van der Waals surface area contributed by atoms with Gasteiger partial charge in [-0.2, -0.15) is 11.8 Å². The lowest BCUT2D eigenvalue weighted by atomic mass is 10.0. The molecule has 208 valence electrons. The molecule has 37 heavy (non-hydrogen) atoms. The van der Waals surface area contributed by atoms with Gasteiger partial charge in [-0.1, -0.05) is 36.8 Å². The minimum atomic E-state index is -0.938. The van der Waals surface area contributed by atoms with E-state index in [1.54, 1.807) is 39.5 Å². The van der Waals surface area contributed by atoms with Crippen molar-refractivity contribution in [1.29, 1.82) is 0 Å². The highest BCUT2D eigenvalue weighted by Crippen LogP contribution is 2.24. The van der Waals surface area contributed by atoms with Crippen molar-refractivity contribution >= 4 is 35.6 Å². The third-order valence-electron chi connectivity index (χ3n) is 5.23. The number of esters is 1. The summed E-state index contributed by atoms with van der Waals surface area (Å²) in [5, 5.41) is 5.50. The van der Waals surface area contributed by atoms with Gasteiger partial charge in [-0.3, -0.25) is 14.4 Å². The zero-order chi connectivity index (χ0) is 28.0. The van der Waals surface area contributed by atoms with Crippen molar-refractivity contribution in [2.75, 3.05) is 31.7 Å². The Morgan fingerprint density at radius 3 is 2.27 bits per heavy atom. The number of amides is 3. The maximum atomic E-state index is 13.9. The first-order valence-corrected chi connectivity index (χ1v) is 14.1. The average molecular weight is 538 g/mol. The molecule has 0 aromatic heterocycles. The number of aryl methyl sites for hydroxylation is 1. The smallest absolute Gasteiger partial charge is 0.408 e. The molecule has 0 aliphatic heterocycles. The molecule has 0 bridgehead atoms. The van der Waals surface area contributed by atoms with Gasteiger partial charge in [-0.15, -0.1) is 0 Å². The maximum Gasteiger partial charge on any atom is 0.408 e. The number of rotatable bonds is 14. The molecule has 2 unspecified atom stereocenters. The lowest BCUT2D eigenvalue weighted by Gasteiger charge is -2.34. The van der Waals surface area contributed by atoms with Crippen molar-refractivity contribution in [1.82, 2.24) is 15.5 Å². The summed E-state index contributed by atoms with van der Waals surface area (Å²) in [5.41, 5.74) is 0.939. The molecule has 1 aromatic rings. The van der Waals surface area contributed by atoms with Gasteiger partial charge in [0.05, 0.1) is 13.0 Å². The number of benzene rings is 1. The van der Waals surface area contributed by atoms with E-state index in [-0.39, 0.29) is 25.5 Å². The van der Waals surface area contributed by atoms with Crippen LogP contribution in [-0.2, 0) is 23.9 Å². The van der Waals surface area contributed by atoms with Gasteiger partial charge in [0.2, 0.25) is 11.8 Å². The molecule has 10 heteroatoms. The summed E-state index contributed by atoms with van der Waals surface area (Å²) in [5.74, 6) is -0.550. The van der Waals surface area contributed by atoms with Crippen LogP contribution >= 0.6 is 11.8 Å². The highest BCUT2D eigenvalue weighted by Gasteiger charge is 2.35. The van der Waals surface area contributed by atoms with Crippen LogP contribution in [0.1, 0.15) is 71.0 Å². The fourth-order valence-corrected chi connectivity index (χ4v) is 4.06. The second-order valence-electron chi connectivity index (χ2n) is 9.67. The molecular formula is C27H43N3O6S.